The van der Waals surface area contributed by atoms with E-state index >= 15 is 0 Å². The summed E-state index contributed by atoms with van der Waals surface area (Å²) >= 11 is 0. The van der Waals surface area contributed by atoms with Crippen molar-refractivity contribution in [3.63, 3.8) is 0 Å². The largest absolute Gasteiger partial charge is 0.417 e. The number of unbranched alkanes of at least 4 members (excludes halogenated alkanes) is 25. The molecule has 0 bridgehead atoms. The summed E-state index contributed by atoms with van der Waals surface area (Å²) in [4.78, 5) is 0. The van der Waals surface area contributed by atoms with E-state index in [4.69, 9.17) is 0 Å². The van der Waals surface area contributed by atoms with Crippen molar-refractivity contribution in [1.29, 1.82) is 0 Å². The Morgan fingerprint density at radius 1 is 0.375 bits per heavy atom. The van der Waals surface area contributed by atoms with Crippen molar-refractivity contribution < 1.29 is 52.7 Å². The molecule has 0 heterocycles. The Kier molecular flexibility index (Phi) is 40.2. The van der Waals surface area contributed by atoms with Gasteiger partial charge >= 0.3 is 17.5 Å². The number of benzene rings is 2. The molecular formula is C58H98BF12P. The zero-order chi connectivity index (χ0) is 54.3. The van der Waals surface area contributed by atoms with Crippen LogP contribution in [-0.2, 0) is 0 Å². The summed E-state index contributed by atoms with van der Waals surface area (Å²) in [7, 11) is -2.02. The molecule has 1 atom stereocenters. The van der Waals surface area contributed by atoms with Crippen LogP contribution in [0.3, 0.4) is 0 Å². The summed E-state index contributed by atoms with van der Waals surface area (Å²) < 4.78 is 161. The van der Waals surface area contributed by atoms with E-state index < -0.39 is 78.5 Å². The molecule has 422 valence electrons. The molecule has 72 heavy (non-hydrogen) atoms. The second-order valence-corrected chi connectivity index (χ2v) is 22.5. The van der Waals surface area contributed by atoms with Crippen LogP contribution in [0.15, 0.2) is 24.3 Å². The summed E-state index contributed by atoms with van der Waals surface area (Å²) in [5, 5.41) is 0. The van der Waals surface area contributed by atoms with E-state index in [2.05, 4.69) is 34.6 Å². The molecule has 0 saturated heterocycles. The molecule has 0 spiro atoms. The molecule has 14 heteroatoms. The minimum absolute atomic E-state index is 0.0672. The van der Waals surface area contributed by atoms with Gasteiger partial charge < -0.3 is 0 Å². The fraction of sp³-hybridized carbons (Fsp3) is 0.793. The van der Waals surface area contributed by atoms with Gasteiger partial charge in [0.25, 0.3) is 0 Å². The summed E-state index contributed by atoms with van der Waals surface area (Å²) in [6, 6.07) is 4.22. The number of rotatable bonds is 41. The Morgan fingerprint density at radius 2 is 0.681 bits per heavy atom. The Balaban J connectivity index is 0.00000107. The molecule has 0 amide bonds. The molecule has 0 saturated carbocycles. The molecule has 2 aromatic carbocycles. The molecule has 0 aromatic heterocycles. The molecule has 0 fully saturated rings. The fourth-order valence-electron chi connectivity index (χ4n) is 9.78. The Hall–Kier alpha value is -1.91. The first-order valence-corrected chi connectivity index (χ1v) is 30.2. The zero-order valence-corrected chi connectivity index (χ0v) is 46.8. The normalized spacial score (nSPS) is 12.4. The van der Waals surface area contributed by atoms with Gasteiger partial charge in [-0.15, -0.1) is 0 Å². The molecule has 0 aliphatic heterocycles. The Bertz CT molecular complexity index is 1530. The van der Waals surface area contributed by atoms with Crippen molar-refractivity contribution in [2.45, 2.75) is 290 Å². The van der Waals surface area contributed by atoms with Gasteiger partial charge in [-0.3, -0.25) is 0 Å². The molecule has 0 radical (unpaired) electrons. The number of alkyl halides is 6. The van der Waals surface area contributed by atoms with Crippen molar-refractivity contribution in [2.75, 3.05) is 6.16 Å². The number of hydrogen-bond donors (Lipinski definition) is 0. The standard InChI is InChI=1S/C28H60B.C18H33F6P.C12H4F6/c1-5-9-13-17-21-25-29(26-22-18-14-10-6-2,27-23-19-15-11-7-3)28-24-20-16-12-8-4;1-3-5-7-9-10-11-13-15-25-18(23,24)17(21,22)16(19,20)14-12-8-6-4-2;13-6-4-2-1-3-5(6)7-8(14)10(16)12(18)11(17)9(7)15/h5-28H2,1-4H3;25H,3-15H2,1-2H3;1-4H/q-1;;/p+1. The van der Waals surface area contributed by atoms with Crippen molar-refractivity contribution in [3.8, 4) is 11.1 Å². The molecular weight excluding hydrogens is 966 g/mol. The monoisotopic (exact) mass is 1060 g/mol. The maximum absolute atomic E-state index is 13.8. The van der Waals surface area contributed by atoms with Gasteiger partial charge in [-0.25, -0.2) is 26.3 Å². The second kappa shape index (κ2) is 41.3. The first-order valence-electron chi connectivity index (χ1n) is 28.8. The van der Waals surface area contributed by atoms with Crippen LogP contribution >= 0.6 is 8.58 Å². The van der Waals surface area contributed by atoms with Crippen LogP contribution in [0.25, 0.3) is 11.1 Å². The number of hydrogen-bond acceptors (Lipinski definition) is 0. The van der Waals surface area contributed by atoms with Crippen molar-refractivity contribution in [3.05, 3.63) is 59.2 Å². The van der Waals surface area contributed by atoms with Gasteiger partial charge in [-0.1, -0.05) is 240 Å². The van der Waals surface area contributed by atoms with E-state index in [0.717, 1.165) is 50.7 Å². The highest BCUT2D eigenvalue weighted by Gasteiger charge is 2.74. The lowest BCUT2D eigenvalue weighted by Crippen LogP contribution is -2.52. The van der Waals surface area contributed by atoms with Crippen LogP contribution in [0.4, 0.5) is 52.7 Å². The maximum Gasteiger partial charge on any atom is 0.417 e. The summed E-state index contributed by atoms with van der Waals surface area (Å²) in [6.07, 6.45) is 42.3. The van der Waals surface area contributed by atoms with Crippen LogP contribution in [0, 0.1) is 34.9 Å². The first kappa shape index (κ1) is 70.1. The lowest BCUT2D eigenvalue weighted by atomic mass is 9.17. The highest BCUT2D eigenvalue weighted by atomic mass is 31.1. The zero-order valence-electron chi connectivity index (χ0n) is 45.7. The van der Waals surface area contributed by atoms with Gasteiger partial charge in [-0.05, 0) is 25.3 Å². The van der Waals surface area contributed by atoms with Gasteiger partial charge in [0, 0.05) is 18.1 Å². The first-order chi connectivity index (χ1) is 34.3. The third-order valence-corrected chi connectivity index (χ3v) is 16.0. The van der Waals surface area contributed by atoms with Gasteiger partial charge in [0.2, 0.25) is 5.82 Å². The Morgan fingerprint density at radius 3 is 1.04 bits per heavy atom. The van der Waals surface area contributed by atoms with E-state index in [1.807, 2.05) is 6.92 Å². The SMILES string of the molecule is CCCCCCCCC[PH2+]C(F)(F)C(F)(F)C(F)(F)CCCCCC.CCCCCCC[B-](CCCCCCC)(CCCCCCC)CCCCCCC.Fc1ccccc1-c1c(F)c(F)c(F)c(F)c1F. The van der Waals surface area contributed by atoms with Crippen molar-refractivity contribution >= 4 is 14.7 Å². The third kappa shape index (κ3) is 27.8. The summed E-state index contributed by atoms with van der Waals surface area (Å²) in [5.74, 6) is -21.6. The summed E-state index contributed by atoms with van der Waals surface area (Å²) in [6.45, 7) is 13.3. The average Bonchev–Trinajstić information content (AvgIpc) is 3.35. The van der Waals surface area contributed by atoms with E-state index in [1.165, 1.54) is 141 Å². The van der Waals surface area contributed by atoms with Gasteiger partial charge in [-0.2, -0.15) is 51.6 Å². The van der Waals surface area contributed by atoms with Crippen LogP contribution in [0.5, 0.6) is 0 Å². The molecule has 0 aliphatic carbocycles. The Labute approximate surface area is 432 Å². The summed E-state index contributed by atoms with van der Waals surface area (Å²) in [5.41, 5.74) is -6.54. The average molecular weight is 1070 g/mol. The van der Waals surface area contributed by atoms with Gasteiger partial charge in [0.05, 0.1) is 20.3 Å². The van der Waals surface area contributed by atoms with Crippen LogP contribution in [-0.4, -0.2) is 29.8 Å². The topological polar surface area (TPSA) is 0 Å². The van der Waals surface area contributed by atoms with E-state index in [-0.39, 0.29) is 18.7 Å². The third-order valence-electron chi connectivity index (χ3n) is 14.5. The lowest BCUT2D eigenvalue weighted by molar-refractivity contribution is -0.280. The molecule has 2 rings (SSSR count). The molecule has 0 nitrogen and oxygen atoms in total. The quantitative estimate of drug-likeness (QED) is 0.0155. The van der Waals surface area contributed by atoms with E-state index in [0.29, 0.717) is 25.7 Å². The lowest BCUT2D eigenvalue weighted by Gasteiger charge is -2.41. The molecule has 0 N–H and O–H groups in total. The van der Waals surface area contributed by atoms with Gasteiger partial charge in [0.1, 0.15) is 5.82 Å². The number of halogens is 12. The van der Waals surface area contributed by atoms with Crippen molar-refractivity contribution in [2.24, 2.45) is 0 Å². The molecule has 0 aliphatic rings. The van der Waals surface area contributed by atoms with Gasteiger partial charge in [0.15, 0.2) is 23.3 Å². The smallest absolute Gasteiger partial charge is 0.206 e. The van der Waals surface area contributed by atoms with E-state index in [1.54, 1.807) is 25.3 Å². The highest BCUT2D eigenvalue weighted by molar-refractivity contribution is 7.39. The maximum atomic E-state index is 13.8. The van der Waals surface area contributed by atoms with Crippen LogP contribution < -0.4 is 0 Å². The van der Waals surface area contributed by atoms with Crippen LogP contribution in [0.1, 0.15) is 247 Å². The molecule has 2 aromatic rings. The minimum Gasteiger partial charge on any atom is -0.206 e. The van der Waals surface area contributed by atoms with E-state index in [9.17, 15) is 52.7 Å². The fourth-order valence-corrected chi connectivity index (χ4v) is 11.1. The second-order valence-electron chi connectivity index (χ2n) is 20.8. The van der Waals surface area contributed by atoms with Crippen molar-refractivity contribution in [1.82, 2.24) is 0 Å². The minimum atomic E-state index is -5.25. The highest BCUT2D eigenvalue weighted by Crippen LogP contribution is 2.55. The van der Waals surface area contributed by atoms with Crippen LogP contribution in [0.2, 0.25) is 25.3 Å². The predicted molar refractivity (Wildman–Crippen MR) is 288 cm³/mol. The predicted octanol–water partition coefficient (Wildman–Crippen LogP) is 23.5. The molecule has 1 unspecified atom stereocenters.